The number of nitrogens with one attached hydrogen (secondary N) is 1. The van der Waals surface area contributed by atoms with E-state index in [0.29, 0.717) is 19.5 Å². The topological polar surface area (TPSA) is 104 Å². The molecule has 0 radical (unpaired) electrons. The van der Waals surface area contributed by atoms with Gasteiger partial charge in [-0.1, -0.05) is 48.9 Å². The van der Waals surface area contributed by atoms with Crippen LogP contribution in [0.2, 0.25) is 5.02 Å². The summed E-state index contributed by atoms with van der Waals surface area (Å²) in [4.78, 5) is 41.0. The van der Waals surface area contributed by atoms with Crippen LogP contribution in [-0.4, -0.2) is 67.5 Å². The first kappa shape index (κ1) is 23.7. The summed E-state index contributed by atoms with van der Waals surface area (Å²) in [6, 6.07) is 13.7. The van der Waals surface area contributed by atoms with Gasteiger partial charge in [-0.2, -0.15) is 0 Å². The minimum Gasteiger partial charge on any atom is -0.339 e. The first-order chi connectivity index (χ1) is 15.3. The van der Waals surface area contributed by atoms with Crippen molar-refractivity contribution in [3.8, 4) is 0 Å². The molecule has 1 saturated heterocycles. The van der Waals surface area contributed by atoms with Crippen molar-refractivity contribution in [1.29, 1.82) is 0 Å². The van der Waals surface area contributed by atoms with Gasteiger partial charge >= 0.3 is 0 Å². The molecule has 1 aliphatic heterocycles. The van der Waals surface area contributed by atoms with E-state index in [0.717, 1.165) is 0 Å². The van der Waals surface area contributed by atoms with Crippen LogP contribution in [0.3, 0.4) is 0 Å². The molecule has 0 bridgehead atoms. The molecule has 1 aliphatic rings. The number of hydrogen-bond acceptors (Lipinski definition) is 5. The zero-order valence-electron chi connectivity index (χ0n) is 17.5. The summed E-state index contributed by atoms with van der Waals surface area (Å²) in [5.41, 5.74) is 0.0635. The number of nitrogens with zero attached hydrogens (tertiary/aromatic N) is 2. The van der Waals surface area contributed by atoms with Gasteiger partial charge in [-0.3, -0.25) is 14.4 Å². The molecule has 0 aliphatic carbocycles. The fraction of sp³-hybridized carbons (Fsp3) is 0.318. The Balaban J connectivity index is 1.89. The standard InChI is InChI=1S/C22H24ClN3O5S/c1-2-19(27)25-12-14-26(15-13-25)22(29)21(32(30,31)16-8-4-3-5-9-16)24-20(28)17-10-6-7-11-18(17)23/h3-11,21H,2,12-15H2,1H3,(H,24,28)/t21-/m0/s1. The first-order valence-electron chi connectivity index (χ1n) is 10.2. The summed E-state index contributed by atoms with van der Waals surface area (Å²) in [6.45, 7) is 2.71. The fourth-order valence-corrected chi connectivity index (χ4v) is 5.13. The Morgan fingerprint density at radius 2 is 1.50 bits per heavy atom. The summed E-state index contributed by atoms with van der Waals surface area (Å²) < 4.78 is 26.7. The van der Waals surface area contributed by atoms with Crippen molar-refractivity contribution in [1.82, 2.24) is 15.1 Å². The molecule has 170 valence electrons. The molecule has 1 atom stereocenters. The third kappa shape index (κ3) is 5.11. The van der Waals surface area contributed by atoms with E-state index < -0.39 is 27.0 Å². The smallest absolute Gasteiger partial charge is 0.261 e. The maximum Gasteiger partial charge on any atom is 0.261 e. The molecule has 1 N–H and O–H groups in total. The zero-order chi connectivity index (χ0) is 23.3. The molecule has 0 saturated carbocycles. The maximum atomic E-state index is 13.3. The van der Waals surface area contributed by atoms with Crippen LogP contribution in [0.4, 0.5) is 0 Å². The van der Waals surface area contributed by atoms with Gasteiger partial charge in [0.25, 0.3) is 11.8 Å². The van der Waals surface area contributed by atoms with E-state index in [2.05, 4.69) is 5.32 Å². The molecule has 3 rings (SSSR count). The molecule has 3 amide bonds. The van der Waals surface area contributed by atoms with Gasteiger partial charge in [-0.05, 0) is 24.3 Å². The number of carbonyl (C=O) groups is 3. The van der Waals surface area contributed by atoms with Crippen LogP contribution in [0.5, 0.6) is 0 Å². The van der Waals surface area contributed by atoms with Crippen molar-refractivity contribution in [3.05, 3.63) is 65.2 Å². The number of halogens is 1. The minimum atomic E-state index is -4.25. The minimum absolute atomic E-state index is 0.0300. The van der Waals surface area contributed by atoms with Crippen LogP contribution >= 0.6 is 11.6 Å². The molecule has 10 heteroatoms. The van der Waals surface area contributed by atoms with E-state index in [9.17, 15) is 22.8 Å². The van der Waals surface area contributed by atoms with Gasteiger partial charge in [0, 0.05) is 32.6 Å². The van der Waals surface area contributed by atoms with Crippen LogP contribution in [0.25, 0.3) is 0 Å². The van der Waals surface area contributed by atoms with E-state index in [-0.39, 0.29) is 34.5 Å². The highest BCUT2D eigenvalue weighted by molar-refractivity contribution is 7.92. The van der Waals surface area contributed by atoms with Gasteiger partial charge in [-0.25, -0.2) is 8.42 Å². The highest BCUT2D eigenvalue weighted by Crippen LogP contribution is 2.20. The Bertz CT molecular complexity index is 1100. The van der Waals surface area contributed by atoms with Gasteiger partial charge in [0.05, 0.1) is 15.5 Å². The predicted octanol–water partition coefficient (Wildman–Crippen LogP) is 1.95. The van der Waals surface area contributed by atoms with Crippen LogP contribution in [0.1, 0.15) is 23.7 Å². The molecule has 8 nitrogen and oxygen atoms in total. The molecular formula is C22H24ClN3O5S. The predicted molar refractivity (Wildman–Crippen MR) is 120 cm³/mol. The highest BCUT2D eigenvalue weighted by atomic mass is 35.5. The largest absolute Gasteiger partial charge is 0.339 e. The molecule has 1 heterocycles. The highest BCUT2D eigenvalue weighted by Gasteiger charge is 2.39. The van der Waals surface area contributed by atoms with E-state index in [1.807, 2.05) is 0 Å². The second-order valence-electron chi connectivity index (χ2n) is 7.25. The molecule has 2 aromatic carbocycles. The number of amides is 3. The lowest BCUT2D eigenvalue weighted by molar-refractivity contribution is -0.139. The number of benzene rings is 2. The number of rotatable bonds is 6. The van der Waals surface area contributed by atoms with E-state index in [4.69, 9.17) is 11.6 Å². The normalized spacial score (nSPS) is 15.2. The number of piperazine rings is 1. The molecule has 0 aromatic heterocycles. The van der Waals surface area contributed by atoms with Crippen LogP contribution in [0.15, 0.2) is 59.5 Å². The molecule has 0 unspecified atom stereocenters. The Morgan fingerprint density at radius 3 is 2.09 bits per heavy atom. The van der Waals surface area contributed by atoms with Crippen molar-refractivity contribution >= 4 is 39.2 Å². The van der Waals surface area contributed by atoms with E-state index in [1.165, 1.54) is 29.2 Å². The van der Waals surface area contributed by atoms with E-state index in [1.54, 1.807) is 42.2 Å². The lowest BCUT2D eigenvalue weighted by Gasteiger charge is -2.36. The van der Waals surface area contributed by atoms with Crippen molar-refractivity contribution in [3.63, 3.8) is 0 Å². The van der Waals surface area contributed by atoms with Gasteiger partial charge in [-0.15, -0.1) is 0 Å². The third-order valence-electron chi connectivity index (χ3n) is 5.23. The summed E-state index contributed by atoms with van der Waals surface area (Å²) in [7, 11) is -4.25. The third-order valence-corrected chi connectivity index (χ3v) is 7.43. The second kappa shape index (κ2) is 10.1. The Hall–Kier alpha value is -2.91. The summed E-state index contributed by atoms with van der Waals surface area (Å²) >= 11 is 6.08. The average molecular weight is 478 g/mol. The summed E-state index contributed by atoms with van der Waals surface area (Å²) in [5.74, 6) is -1.55. The quantitative estimate of drug-likeness (QED) is 0.684. The van der Waals surface area contributed by atoms with Crippen molar-refractivity contribution in [2.45, 2.75) is 23.6 Å². The second-order valence-corrected chi connectivity index (χ2v) is 9.69. The Morgan fingerprint density at radius 1 is 0.938 bits per heavy atom. The Labute approximate surface area is 192 Å². The fourth-order valence-electron chi connectivity index (χ4n) is 3.43. The maximum absolute atomic E-state index is 13.3. The van der Waals surface area contributed by atoms with Crippen LogP contribution in [-0.2, 0) is 19.4 Å². The van der Waals surface area contributed by atoms with Crippen molar-refractivity contribution < 1.29 is 22.8 Å². The van der Waals surface area contributed by atoms with Crippen LogP contribution in [0, 0.1) is 0 Å². The van der Waals surface area contributed by atoms with Gasteiger partial charge in [0.2, 0.25) is 21.1 Å². The van der Waals surface area contributed by atoms with Crippen molar-refractivity contribution in [2.75, 3.05) is 26.2 Å². The molecule has 1 fully saturated rings. The number of hydrogen-bond donors (Lipinski definition) is 1. The van der Waals surface area contributed by atoms with Gasteiger partial charge < -0.3 is 15.1 Å². The van der Waals surface area contributed by atoms with Crippen LogP contribution < -0.4 is 5.32 Å². The van der Waals surface area contributed by atoms with Gasteiger partial charge in [0.1, 0.15) is 0 Å². The molecule has 2 aromatic rings. The lowest BCUT2D eigenvalue weighted by Crippen LogP contribution is -2.57. The van der Waals surface area contributed by atoms with Crippen molar-refractivity contribution in [2.24, 2.45) is 0 Å². The number of carbonyl (C=O) groups excluding carboxylic acids is 3. The lowest BCUT2D eigenvalue weighted by atomic mass is 10.2. The van der Waals surface area contributed by atoms with E-state index >= 15 is 0 Å². The summed E-state index contributed by atoms with van der Waals surface area (Å²) in [5, 5.41) is 0.680. The molecule has 0 spiro atoms. The SMILES string of the molecule is CCC(=O)N1CCN(C(=O)[C@@H](NC(=O)c2ccccc2Cl)S(=O)(=O)c2ccccc2)CC1. The zero-order valence-corrected chi connectivity index (χ0v) is 19.1. The summed E-state index contributed by atoms with van der Waals surface area (Å²) in [6.07, 6.45) is 0.354. The monoisotopic (exact) mass is 477 g/mol. The van der Waals surface area contributed by atoms with Gasteiger partial charge in [0.15, 0.2) is 0 Å². The first-order valence-corrected chi connectivity index (χ1v) is 12.1. The Kier molecular flexibility index (Phi) is 7.52. The number of sulfone groups is 1. The average Bonchev–Trinajstić information content (AvgIpc) is 2.82. The molecular weight excluding hydrogens is 454 g/mol. The molecule has 32 heavy (non-hydrogen) atoms.